The van der Waals surface area contributed by atoms with Crippen molar-refractivity contribution < 1.29 is 78.9 Å². The van der Waals surface area contributed by atoms with E-state index in [9.17, 15) is 33.6 Å². The SMILES string of the molecule is CC.CCCCCCC.CCCCCCCCOC(=O)CC(CC(=O)OCCCCCCCC)CC(=O)C(C)CC.[CH2-]C(=O)N1CCC(OC(=O)CC(CC(=O)CCC)CC(=O)CCCCCCCCC)C1.[CH2-]CC.[U+2]. The van der Waals surface area contributed by atoms with Crippen molar-refractivity contribution in [1.29, 1.82) is 0 Å². The van der Waals surface area contributed by atoms with Gasteiger partial charge in [-0.3, -0.25) is 28.8 Å². The monoisotopic (exact) mass is 1300 g/mol. The van der Waals surface area contributed by atoms with Crippen molar-refractivity contribution in [3.05, 3.63) is 13.8 Å². The number of carbonyl (C=O) groups excluding carboxylic acids is 7. The summed E-state index contributed by atoms with van der Waals surface area (Å²) in [4.78, 5) is 86.9. The molecule has 0 bridgehead atoms. The third-order valence-electron chi connectivity index (χ3n) is 13.2. The quantitative estimate of drug-likeness (QED) is 0.0250. The number of rotatable bonds is 43. The summed E-state index contributed by atoms with van der Waals surface area (Å²) in [7, 11) is 0. The molecule has 0 N–H and O–H groups in total. The van der Waals surface area contributed by atoms with Gasteiger partial charge in [-0.15, -0.1) is 0 Å². The number of esters is 3. The van der Waals surface area contributed by atoms with Crippen LogP contribution in [0.4, 0.5) is 0 Å². The summed E-state index contributed by atoms with van der Waals surface area (Å²) in [6, 6.07) is 0. The molecule has 0 aromatic carbocycles. The molecule has 0 aromatic heterocycles. The Labute approximate surface area is 493 Å². The third kappa shape index (κ3) is 58.0. The molecule has 3 atom stereocenters. The van der Waals surface area contributed by atoms with E-state index in [1.165, 1.54) is 109 Å². The number of ether oxygens (including phenoxy) is 3. The van der Waals surface area contributed by atoms with Crippen LogP contribution in [0.3, 0.4) is 0 Å². The van der Waals surface area contributed by atoms with Gasteiger partial charge in [0.05, 0.1) is 25.7 Å². The largest absolute Gasteiger partial charge is 2.00 e. The van der Waals surface area contributed by atoms with Crippen molar-refractivity contribution in [2.24, 2.45) is 17.8 Å². The van der Waals surface area contributed by atoms with E-state index in [1.807, 2.05) is 41.5 Å². The molecule has 446 valence electrons. The fourth-order valence-corrected chi connectivity index (χ4v) is 8.48. The van der Waals surface area contributed by atoms with E-state index >= 15 is 0 Å². The van der Waals surface area contributed by atoms with Crippen molar-refractivity contribution in [1.82, 2.24) is 4.90 Å². The van der Waals surface area contributed by atoms with Gasteiger partial charge in [0.2, 0.25) is 0 Å². The minimum Gasteiger partial charge on any atom is -0.466 e. The molecule has 1 aliphatic rings. The normalized spacial score (nSPS) is 13.1. The third-order valence-corrected chi connectivity index (χ3v) is 13.2. The van der Waals surface area contributed by atoms with E-state index < -0.39 is 0 Å². The number of ketones is 3. The molecule has 11 nitrogen and oxygen atoms in total. The van der Waals surface area contributed by atoms with Crippen LogP contribution in [-0.4, -0.2) is 78.5 Å². The maximum absolute atomic E-state index is 12.5. The first-order valence-electron chi connectivity index (χ1n) is 31.1. The summed E-state index contributed by atoms with van der Waals surface area (Å²) in [5, 5.41) is 0. The van der Waals surface area contributed by atoms with E-state index in [0.717, 1.165) is 64.2 Å². The van der Waals surface area contributed by atoms with Crippen molar-refractivity contribution >= 4 is 41.2 Å². The Bertz CT molecular complexity index is 1320. The molecular weight excluding hydrogens is 1180 g/mol. The molecule has 1 amide bonds. The van der Waals surface area contributed by atoms with Crippen LogP contribution in [0.25, 0.3) is 0 Å². The number of carbonyl (C=O) groups is 7. The zero-order valence-corrected chi connectivity index (χ0v) is 55.7. The van der Waals surface area contributed by atoms with Gasteiger partial charge >= 0.3 is 49.0 Å². The summed E-state index contributed by atoms with van der Waals surface area (Å²) >= 11 is 0. The van der Waals surface area contributed by atoms with Crippen molar-refractivity contribution in [3.8, 4) is 0 Å². The van der Waals surface area contributed by atoms with Crippen molar-refractivity contribution in [3.63, 3.8) is 0 Å². The molecule has 3 unspecified atom stereocenters. The van der Waals surface area contributed by atoms with Crippen molar-refractivity contribution in [2.75, 3.05) is 26.3 Å². The number of hydrogen-bond donors (Lipinski definition) is 0. The standard InChI is InChI=1S/C27H50O5.C25H42NO5.C7H16.C3H7.C2H6.U/c1-5-8-10-12-14-16-18-31-26(29)21-24(20-25(28)23(4)7-3)22-27(30)32-19-17-15-13-11-9-6-2;1-4-6-7-8-9-10-11-13-23(29)17-21(16-22(28)12-5-2)18-25(30)31-24-14-15-26(19-24)20(3)27;1-3-5-7-6-4-2;1-3-2;1-2;/h23-24H,5-22H2,1-4H3;21,24H,3-19H2,1-2H3;3-7H2,1-2H3;1,3H2,2H3;1-2H3;/q;-1;;-1;;+2. The average molecular weight is 1300 g/mol. The zero-order chi connectivity index (χ0) is 57.3. The van der Waals surface area contributed by atoms with Gasteiger partial charge in [0.25, 0.3) is 0 Å². The van der Waals surface area contributed by atoms with Gasteiger partial charge in [0, 0.05) is 70.3 Å². The molecule has 1 fully saturated rings. The Morgan fingerprint density at radius 3 is 1.22 bits per heavy atom. The van der Waals surface area contributed by atoms with Crippen LogP contribution >= 0.6 is 0 Å². The molecule has 0 aromatic rings. The maximum Gasteiger partial charge on any atom is 2.00 e. The van der Waals surface area contributed by atoms with Gasteiger partial charge in [-0.05, 0) is 43.9 Å². The molecule has 1 aliphatic heterocycles. The van der Waals surface area contributed by atoms with Crippen LogP contribution in [0, 0.1) is 62.7 Å². The summed E-state index contributed by atoms with van der Waals surface area (Å²) in [5.74, 6) is -1.65. The first-order valence-corrected chi connectivity index (χ1v) is 31.1. The Morgan fingerprint density at radius 2 is 0.842 bits per heavy atom. The van der Waals surface area contributed by atoms with Crippen LogP contribution in [0.2, 0.25) is 0 Å². The Kier molecular flexibility index (Phi) is 69.2. The van der Waals surface area contributed by atoms with Gasteiger partial charge in [0.15, 0.2) is 0 Å². The molecule has 0 radical (unpaired) electrons. The van der Waals surface area contributed by atoms with Gasteiger partial charge in [-0.25, -0.2) is 0 Å². The van der Waals surface area contributed by atoms with Crippen LogP contribution in [0.1, 0.15) is 307 Å². The second kappa shape index (κ2) is 63.6. The second-order valence-electron chi connectivity index (χ2n) is 20.7. The Morgan fingerprint density at radius 1 is 0.487 bits per heavy atom. The van der Waals surface area contributed by atoms with Gasteiger partial charge in [-0.1, -0.05) is 211 Å². The minimum absolute atomic E-state index is 0. The summed E-state index contributed by atoms with van der Waals surface area (Å²) in [6.45, 7) is 31.5. The molecule has 1 heterocycles. The van der Waals surface area contributed by atoms with Crippen LogP contribution < -0.4 is 0 Å². The van der Waals surface area contributed by atoms with E-state index in [2.05, 4.69) is 48.5 Å². The van der Waals surface area contributed by atoms with Crippen LogP contribution in [-0.2, 0) is 47.8 Å². The number of Topliss-reactive ketones (excluding diaryl/α,β-unsaturated/α-hetero) is 3. The molecule has 1 saturated heterocycles. The molecule has 12 heteroatoms. The van der Waals surface area contributed by atoms with Crippen LogP contribution in [0.5, 0.6) is 0 Å². The smallest absolute Gasteiger partial charge is 0.466 e. The van der Waals surface area contributed by atoms with Crippen molar-refractivity contribution in [2.45, 2.75) is 313 Å². The van der Waals surface area contributed by atoms with E-state index in [4.69, 9.17) is 14.2 Å². The predicted molar refractivity (Wildman–Crippen MR) is 313 cm³/mol. The van der Waals surface area contributed by atoms with Gasteiger partial charge in [0.1, 0.15) is 23.5 Å². The predicted octanol–water partition coefficient (Wildman–Crippen LogP) is 17.3. The van der Waals surface area contributed by atoms with E-state index in [1.54, 1.807) is 4.90 Å². The van der Waals surface area contributed by atoms with Gasteiger partial charge in [-0.2, -0.15) is 6.42 Å². The molecule has 0 spiro atoms. The first kappa shape index (κ1) is 82.6. The second-order valence-corrected chi connectivity index (χ2v) is 20.7. The zero-order valence-electron chi connectivity index (χ0n) is 51.5. The van der Waals surface area contributed by atoms with Gasteiger partial charge < -0.3 is 37.8 Å². The minimum atomic E-state index is -0.388. The number of unbranched alkanes of at least 4 members (excludes halogenated alkanes) is 20. The average Bonchev–Trinajstić information content (AvgIpc) is 3.85. The topological polar surface area (TPSA) is 150 Å². The molecule has 76 heavy (non-hydrogen) atoms. The number of hydrogen-bond acceptors (Lipinski definition) is 10. The Hall–Kier alpha value is -2.19. The molecule has 0 aliphatic carbocycles. The fourth-order valence-electron chi connectivity index (χ4n) is 8.48. The van der Waals surface area contributed by atoms with E-state index in [0.29, 0.717) is 45.6 Å². The number of likely N-dealkylation sites (tertiary alicyclic amines) is 1. The Balaban J connectivity index is -0.000000360. The molecule has 0 saturated carbocycles. The maximum atomic E-state index is 12.5. The summed E-state index contributed by atoms with van der Waals surface area (Å²) in [5.41, 5.74) is 0. The fraction of sp³-hybridized carbons (Fsp3) is 0.859. The summed E-state index contributed by atoms with van der Waals surface area (Å²) in [6.07, 6.45) is 33.5. The number of nitrogens with zero attached hydrogens (tertiary/aromatic N) is 1. The molecule has 1 rings (SSSR count). The van der Waals surface area contributed by atoms with Crippen LogP contribution in [0.15, 0.2) is 0 Å². The van der Waals surface area contributed by atoms with E-state index in [-0.39, 0.29) is 135 Å². The molecular formula is C64H121NO10U. The first-order chi connectivity index (χ1) is 36.1. The summed E-state index contributed by atoms with van der Waals surface area (Å²) < 4.78 is 16.3. The number of amides is 1.